The van der Waals surface area contributed by atoms with Gasteiger partial charge in [-0.05, 0) is 11.6 Å². The molecule has 0 saturated carbocycles. The van der Waals surface area contributed by atoms with Crippen molar-refractivity contribution in [2.24, 2.45) is 0 Å². The van der Waals surface area contributed by atoms with Crippen LogP contribution in [0.4, 0.5) is 0 Å². The summed E-state index contributed by atoms with van der Waals surface area (Å²) < 4.78 is 4.99. The van der Waals surface area contributed by atoms with Crippen LogP contribution in [0.2, 0.25) is 0 Å². The number of methoxy groups -OCH3 is 1. The van der Waals surface area contributed by atoms with Crippen LogP contribution in [0.3, 0.4) is 0 Å². The van der Waals surface area contributed by atoms with Crippen molar-refractivity contribution in [1.82, 2.24) is 9.88 Å². The van der Waals surface area contributed by atoms with Crippen molar-refractivity contribution in [2.45, 2.75) is 12.5 Å². The van der Waals surface area contributed by atoms with Crippen LogP contribution in [0.5, 0.6) is 0 Å². The number of fused-ring (bicyclic) bond motifs is 1. The molecule has 4 nitrogen and oxygen atoms in total. The second-order valence-electron chi connectivity index (χ2n) is 5.13. The van der Waals surface area contributed by atoms with Crippen LogP contribution in [0, 0.1) is 0 Å². The first-order valence-electron chi connectivity index (χ1n) is 7.30. The van der Waals surface area contributed by atoms with Crippen molar-refractivity contribution in [3.8, 4) is 0 Å². The van der Waals surface area contributed by atoms with Gasteiger partial charge in [-0.1, -0.05) is 30.4 Å². The molecular weight excluding hydrogens is 276 g/mol. The highest BCUT2D eigenvalue weighted by molar-refractivity contribution is 5.84. The first-order valence-corrected chi connectivity index (χ1v) is 7.30. The van der Waals surface area contributed by atoms with Gasteiger partial charge in [0.2, 0.25) is 0 Å². The molecular formula is C18H22N2O2. The number of aromatic nitrogens is 1. The average molecular weight is 298 g/mol. The maximum absolute atomic E-state index is 12.2. The van der Waals surface area contributed by atoms with Gasteiger partial charge in [-0.25, -0.2) is 0 Å². The van der Waals surface area contributed by atoms with Crippen LogP contribution in [0.25, 0.3) is 10.9 Å². The van der Waals surface area contributed by atoms with Gasteiger partial charge in [-0.2, -0.15) is 0 Å². The summed E-state index contributed by atoms with van der Waals surface area (Å²) in [6.45, 7) is 8.74. The average Bonchev–Trinajstić information content (AvgIpc) is 2.95. The van der Waals surface area contributed by atoms with E-state index in [0.29, 0.717) is 19.5 Å². The third kappa shape index (κ3) is 3.46. The minimum Gasteiger partial charge on any atom is -0.468 e. The molecule has 22 heavy (non-hydrogen) atoms. The second-order valence-corrected chi connectivity index (χ2v) is 5.13. The molecule has 2 aromatic rings. The van der Waals surface area contributed by atoms with E-state index in [1.807, 2.05) is 29.3 Å². The Morgan fingerprint density at radius 3 is 2.64 bits per heavy atom. The van der Waals surface area contributed by atoms with Crippen LogP contribution in [0.1, 0.15) is 5.56 Å². The van der Waals surface area contributed by atoms with E-state index in [0.717, 1.165) is 16.5 Å². The lowest BCUT2D eigenvalue weighted by Gasteiger charge is -2.27. The van der Waals surface area contributed by atoms with Gasteiger partial charge < -0.3 is 9.72 Å². The number of hydrogen-bond donors (Lipinski definition) is 1. The van der Waals surface area contributed by atoms with E-state index in [1.165, 1.54) is 7.11 Å². The molecule has 1 atom stereocenters. The number of carbonyl (C=O) groups is 1. The fraction of sp³-hybridized carbons (Fsp3) is 0.278. The Balaban J connectivity index is 2.31. The van der Waals surface area contributed by atoms with Gasteiger partial charge in [0.25, 0.3) is 0 Å². The largest absolute Gasteiger partial charge is 0.468 e. The molecule has 0 unspecified atom stereocenters. The smallest absolute Gasteiger partial charge is 0.323 e. The Morgan fingerprint density at radius 1 is 1.32 bits per heavy atom. The molecule has 0 fully saturated rings. The molecule has 0 aliphatic carbocycles. The van der Waals surface area contributed by atoms with Crippen molar-refractivity contribution in [3.05, 3.63) is 61.3 Å². The molecule has 0 bridgehead atoms. The molecule has 0 spiro atoms. The first-order chi connectivity index (χ1) is 10.7. The highest BCUT2D eigenvalue weighted by atomic mass is 16.5. The van der Waals surface area contributed by atoms with Crippen LogP contribution in [0.15, 0.2) is 55.8 Å². The van der Waals surface area contributed by atoms with Crippen LogP contribution >= 0.6 is 0 Å². The molecule has 0 aliphatic rings. The van der Waals surface area contributed by atoms with Crippen molar-refractivity contribution >= 4 is 16.9 Å². The highest BCUT2D eigenvalue weighted by Gasteiger charge is 2.26. The Kier molecular flexibility index (Phi) is 5.55. The molecule has 116 valence electrons. The topological polar surface area (TPSA) is 45.3 Å². The van der Waals surface area contributed by atoms with Gasteiger partial charge in [-0.3, -0.25) is 9.69 Å². The van der Waals surface area contributed by atoms with Gasteiger partial charge in [-0.15, -0.1) is 13.2 Å². The Hall–Kier alpha value is -2.33. The number of carbonyl (C=O) groups excluding carboxylic acids is 1. The van der Waals surface area contributed by atoms with E-state index < -0.39 is 0 Å². The number of esters is 1. The Morgan fingerprint density at radius 2 is 2.00 bits per heavy atom. The SMILES string of the molecule is C=CCN(CC=C)[C@@H](Cc1c[nH]c2ccccc12)C(=O)OC. The van der Waals surface area contributed by atoms with E-state index in [-0.39, 0.29) is 12.0 Å². The van der Waals surface area contributed by atoms with E-state index in [4.69, 9.17) is 4.74 Å². The number of benzene rings is 1. The molecule has 4 heteroatoms. The number of H-pyrrole nitrogens is 1. The molecule has 2 rings (SSSR count). The van der Waals surface area contributed by atoms with Crippen LogP contribution in [-0.2, 0) is 16.0 Å². The molecule has 1 heterocycles. The quantitative estimate of drug-likeness (QED) is 0.602. The number of nitrogens with zero attached hydrogens (tertiary/aromatic N) is 1. The lowest BCUT2D eigenvalue weighted by molar-refractivity contribution is -0.146. The fourth-order valence-electron chi connectivity index (χ4n) is 2.67. The molecule has 0 amide bonds. The first kappa shape index (κ1) is 16.0. The minimum absolute atomic E-state index is 0.242. The molecule has 0 aliphatic heterocycles. The van der Waals surface area contributed by atoms with E-state index in [1.54, 1.807) is 12.2 Å². The number of nitrogens with one attached hydrogen (secondary N) is 1. The van der Waals surface area contributed by atoms with Crippen molar-refractivity contribution < 1.29 is 9.53 Å². The van der Waals surface area contributed by atoms with Crippen LogP contribution < -0.4 is 0 Å². The predicted molar refractivity (Wildman–Crippen MR) is 89.8 cm³/mol. The maximum Gasteiger partial charge on any atom is 0.323 e. The Bertz CT molecular complexity index is 650. The lowest BCUT2D eigenvalue weighted by atomic mass is 10.0. The zero-order valence-corrected chi connectivity index (χ0v) is 12.9. The molecule has 1 aromatic heterocycles. The van der Waals surface area contributed by atoms with Gasteiger partial charge in [0.05, 0.1) is 7.11 Å². The number of para-hydroxylation sites is 1. The second kappa shape index (κ2) is 7.61. The van der Waals surface area contributed by atoms with E-state index in [2.05, 4.69) is 24.2 Å². The number of rotatable bonds is 8. The van der Waals surface area contributed by atoms with Crippen molar-refractivity contribution in [3.63, 3.8) is 0 Å². The number of hydrogen-bond acceptors (Lipinski definition) is 3. The number of aromatic amines is 1. The van der Waals surface area contributed by atoms with Gasteiger partial charge in [0, 0.05) is 36.6 Å². The van der Waals surface area contributed by atoms with E-state index in [9.17, 15) is 4.79 Å². The monoisotopic (exact) mass is 298 g/mol. The summed E-state index contributed by atoms with van der Waals surface area (Å²) in [4.78, 5) is 17.5. The summed E-state index contributed by atoms with van der Waals surface area (Å²) in [6, 6.07) is 7.71. The minimum atomic E-state index is -0.361. The predicted octanol–water partition coefficient (Wildman–Crippen LogP) is 2.93. The summed E-state index contributed by atoms with van der Waals surface area (Å²) in [5.41, 5.74) is 2.17. The summed E-state index contributed by atoms with van der Waals surface area (Å²) in [6.07, 6.45) is 6.11. The fourth-order valence-corrected chi connectivity index (χ4v) is 2.67. The lowest BCUT2D eigenvalue weighted by Crippen LogP contribution is -2.43. The van der Waals surface area contributed by atoms with Gasteiger partial charge in [0.15, 0.2) is 0 Å². The number of ether oxygens (including phenoxy) is 1. The normalized spacial score (nSPS) is 12.3. The molecule has 0 radical (unpaired) electrons. The summed E-state index contributed by atoms with van der Waals surface area (Å²) >= 11 is 0. The summed E-state index contributed by atoms with van der Waals surface area (Å²) in [5, 5.41) is 1.13. The standard InChI is InChI=1S/C18H22N2O2/c1-4-10-20(11-5-2)17(18(21)22-3)12-14-13-19-16-9-7-6-8-15(14)16/h4-9,13,17,19H,1-2,10-12H2,3H3/t17-/m0/s1. The zero-order chi connectivity index (χ0) is 15.9. The summed E-state index contributed by atoms with van der Waals surface area (Å²) in [5.74, 6) is -0.242. The summed E-state index contributed by atoms with van der Waals surface area (Å²) in [7, 11) is 1.42. The van der Waals surface area contributed by atoms with Crippen molar-refractivity contribution in [2.75, 3.05) is 20.2 Å². The Labute approximate surface area is 131 Å². The van der Waals surface area contributed by atoms with Crippen molar-refractivity contribution in [1.29, 1.82) is 0 Å². The molecule has 1 aromatic carbocycles. The third-order valence-corrected chi connectivity index (χ3v) is 3.73. The van der Waals surface area contributed by atoms with Gasteiger partial charge >= 0.3 is 5.97 Å². The third-order valence-electron chi connectivity index (χ3n) is 3.73. The molecule has 0 saturated heterocycles. The maximum atomic E-state index is 12.2. The zero-order valence-electron chi connectivity index (χ0n) is 12.9. The van der Waals surface area contributed by atoms with Gasteiger partial charge in [0.1, 0.15) is 6.04 Å². The van der Waals surface area contributed by atoms with E-state index >= 15 is 0 Å². The highest BCUT2D eigenvalue weighted by Crippen LogP contribution is 2.21. The van der Waals surface area contributed by atoms with Crippen LogP contribution in [-0.4, -0.2) is 42.1 Å². The molecule has 1 N–H and O–H groups in total.